The predicted molar refractivity (Wildman–Crippen MR) is 71.4 cm³/mol. The van der Waals surface area contributed by atoms with Crippen molar-refractivity contribution in [1.82, 2.24) is 4.98 Å². The van der Waals surface area contributed by atoms with Gasteiger partial charge >= 0.3 is 0 Å². The van der Waals surface area contributed by atoms with Crippen molar-refractivity contribution < 1.29 is 0 Å². The van der Waals surface area contributed by atoms with Gasteiger partial charge in [0.25, 0.3) is 0 Å². The number of nitrogens with zero attached hydrogens (tertiary/aromatic N) is 1. The number of anilines is 2. The summed E-state index contributed by atoms with van der Waals surface area (Å²) in [5, 5.41) is 3.68. The Bertz CT molecular complexity index is 514. The fourth-order valence-electron chi connectivity index (χ4n) is 1.35. The van der Waals surface area contributed by atoms with Gasteiger partial charge in [0.15, 0.2) is 0 Å². The average molecular weight is 298 g/mol. The smallest absolute Gasteiger partial charge is 0.132 e. The summed E-state index contributed by atoms with van der Waals surface area (Å²) in [6.45, 7) is 2.04. The van der Waals surface area contributed by atoms with E-state index in [1.165, 1.54) is 5.56 Å². The van der Waals surface area contributed by atoms with Gasteiger partial charge in [-0.2, -0.15) is 0 Å². The van der Waals surface area contributed by atoms with Crippen molar-refractivity contribution in [2.24, 2.45) is 0 Å². The Morgan fingerprint density at radius 3 is 2.75 bits per heavy atom. The van der Waals surface area contributed by atoms with Gasteiger partial charge in [-0.25, -0.2) is 4.98 Å². The van der Waals surface area contributed by atoms with E-state index in [0.29, 0.717) is 5.15 Å². The van der Waals surface area contributed by atoms with Crippen LogP contribution in [0.1, 0.15) is 5.56 Å². The van der Waals surface area contributed by atoms with Crippen molar-refractivity contribution in [1.29, 1.82) is 0 Å². The normalized spacial score (nSPS) is 10.2. The molecule has 0 aliphatic rings. The Balaban J connectivity index is 2.24. The predicted octanol–water partition coefficient (Wildman–Crippen LogP) is 4.55. The Kier molecular flexibility index (Phi) is 3.46. The lowest BCUT2D eigenvalue weighted by molar-refractivity contribution is 1.30. The summed E-state index contributed by atoms with van der Waals surface area (Å²) in [5.74, 6) is 0.745. The SMILES string of the molecule is Cc1cc(Nc2cccc(Cl)n2)ccc1Br. The largest absolute Gasteiger partial charge is 0.340 e. The van der Waals surface area contributed by atoms with Crippen molar-refractivity contribution in [2.75, 3.05) is 5.32 Å². The van der Waals surface area contributed by atoms with Crippen LogP contribution in [0, 0.1) is 6.92 Å². The van der Waals surface area contributed by atoms with E-state index in [0.717, 1.165) is 16.0 Å². The summed E-state index contributed by atoms with van der Waals surface area (Å²) < 4.78 is 1.09. The summed E-state index contributed by atoms with van der Waals surface area (Å²) in [5.41, 5.74) is 2.17. The van der Waals surface area contributed by atoms with Gasteiger partial charge in [-0.1, -0.05) is 33.6 Å². The fraction of sp³-hybridized carbons (Fsp3) is 0.0833. The molecule has 0 spiro atoms. The lowest BCUT2D eigenvalue weighted by Crippen LogP contribution is -1.93. The monoisotopic (exact) mass is 296 g/mol. The van der Waals surface area contributed by atoms with Crippen LogP contribution in [0.2, 0.25) is 5.15 Å². The van der Waals surface area contributed by atoms with Gasteiger partial charge in [-0.15, -0.1) is 0 Å². The molecule has 2 nitrogen and oxygen atoms in total. The first-order valence-corrected chi connectivity index (χ1v) is 5.98. The summed E-state index contributed by atoms with van der Waals surface area (Å²) in [4.78, 5) is 4.16. The number of nitrogens with one attached hydrogen (secondary N) is 1. The molecule has 2 rings (SSSR count). The highest BCUT2D eigenvalue weighted by Gasteiger charge is 1.99. The molecular formula is C12H10BrClN2. The van der Waals surface area contributed by atoms with Crippen molar-refractivity contribution in [3.8, 4) is 0 Å². The highest BCUT2D eigenvalue weighted by Crippen LogP contribution is 2.22. The average Bonchev–Trinajstić information content (AvgIpc) is 2.24. The van der Waals surface area contributed by atoms with E-state index in [9.17, 15) is 0 Å². The van der Waals surface area contributed by atoms with Crippen LogP contribution in [-0.4, -0.2) is 4.98 Å². The first-order valence-electron chi connectivity index (χ1n) is 4.81. The van der Waals surface area contributed by atoms with E-state index >= 15 is 0 Å². The van der Waals surface area contributed by atoms with Gasteiger partial charge in [-0.05, 0) is 42.8 Å². The van der Waals surface area contributed by atoms with E-state index in [4.69, 9.17) is 11.6 Å². The maximum absolute atomic E-state index is 5.81. The van der Waals surface area contributed by atoms with Crippen molar-refractivity contribution in [3.05, 3.63) is 51.6 Å². The fourth-order valence-corrected chi connectivity index (χ4v) is 1.76. The molecule has 16 heavy (non-hydrogen) atoms. The van der Waals surface area contributed by atoms with Gasteiger partial charge in [0.2, 0.25) is 0 Å². The van der Waals surface area contributed by atoms with E-state index in [1.807, 2.05) is 37.3 Å². The molecular weight excluding hydrogens is 288 g/mol. The third kappa shape index (κ3) is 2.74. The highest BCUT2D eigenvalue weighted by atomic mass is 79.9. The van der Waals surface area contributed by atoms with Gasteiger partial charge in [0.1, 0.15) is 11.0 Å². The quantitative estimate of drug-likeness (QED) is 0.823. The van der Waals surface area contributed by atoms with Crippen LogP contribution >= 0.6 is 27.5 Å². The van der Waals surface area contributed by atoms with Crippen molar-refractivity contribution in [3.63, 3.8) is 0 Å². The second-order valence-corrected chi connectivity index (χ2v) is 4.68. The molecule has 1 N–H and O–H groups in total. The molecule has 0 saturated heterocycles. The van der Waals surface area contributed by atoms with Crippen LogP contribution in [0.5, 0.6) is 0 Å². The van der Waals surface area contributed by atoms with Crippen LogP contribution in [-0.2, 0) is 0 Å². The van der Waals surface area contributed by atoms with Crippen LogP contribution in [0.3, 0.4) is 0 Å². The molecule has 0 aliphatic carbocycles. The second kappa shape index (κ2) is 4.85. The van der Waals surface area contributed by atoms with Gasteiger partial charge < -0.3 is 5.32 Å². The van der Waals surface area contributed by atoms with E-state index < -0.39 is 0 Å². The standard InChI is InChI=1S/C12H10BrClN2/c1-8-7-9(5-6-10(8)13)15-12-4-2-3-11(14)16-12/h2-7H,1H3,(H,15,16). The molecule has 2 aromatic rings. The Morgan fingerprint density at radius 2 is 2.06 bits per heavy atom. The summed E-state index contributed by atoms with van der Waals surface area (Å²) in [6, 6.07) is 11.5. The number of rotatable bonds is 2. The number of hydrogen-bond acceptors (Lipinski definition) is 2. The molecule has 0 aliphatic heterocycles. The Hall–Kier alpha value is -1.06. The van der Waals surface area contributed by atoms with E-state index in [1.54, 1.807) is 6.07 Å². The number of pyridine rings is 1. The number of aromatic nitrogens is 1. The van der Waals surface area contributed by atoms with E-state index in [2.05, 4.69) is 26.2 Å². The number of benzene rings is 1. The summed E-state index contributed by atoms with van der Waals surface area (Å²) in [6.07, 6.45) is 0. The Morgan fingerprint density at radius 1 is 1.25 bits per heavy atom. The van der Waals surface area contributed by atoms with Crippen molar-refractivity contribution in [2.45, 2.75) is 6.92 Å². The molecule has 0 amide bonds. The zero-order valence-corrected chi connectivity index (χ0v) is 11.0. The molecule has 1 heterocycles. The molecule has 0 saturated carbocycles. The molecule has 0 fully saturated rings. The van der Waals surface area contributed by atoms with E-state index in [-0.39, 0.29) is 0 Å². The number of hydrogen-bond donors (Lipinski definition) is 1. The van der Waals surface area contributed by atoms with Gasteiger partial charge in [0, 0.05) is 10.2 Å². The van der Waals surface area contributed by atoms with Crippen molar-refractivity contribution >= 4 is 39.0 Å². The molecule has 0 radical (unpaired) electrons. The molecule has 0 unspecified atom stereocenters. The summed E-state index contributed by atoms with van der Waals surface area (Å²) >= 11 is 9.27. The zero-order valence-electron chi connectivity index (χ0n) is 8.67. The minimum atomic E-state index is 0.485. The molecule has 1 aromatic carbocycles. The minimum Gasteiger partial charge on any atom is -0.340 e. The lowest BCUT2D eigenvalue weighted by atomic mass is 10.2. The topological polar surface area (TPSA) is 24.9 Å². The Labute approximate surface area is 108 Å². The molecule has 0 bridgehead atoms. The van der Waals surface area contributed by atoms with Gasteiger partial charge in [-0.3, -0.25) is 0 Å². The van der Waals surface area contributed by atoms with Crippen LogP contribution < -0.4 is 5.32 Å². The first kappa shape index (κ1) is 11.4. The van der Waals surface area contributed by atoms with Gasteiger partial charge in [0.05, 0.1) is 0 Å². The summed E-state index contributed by atoms with van der Waals surface area (Å²) in [7, 11) is 0. The maximum atomic E-state index is 5.81. The molecule has 1 aromatic heterocycles. The lowest BCUT2D eigenvalue weighted by Gasteiger charge is -2.07. The minimum absolute atomic E-state index is 0.485. The molecule has 82 valence electrons. The molecule has 4 heteroatoms. The van der Waals surface area contributed by atoms with Crippen LogP contribution in [0.4, 0.5) is 11.5 Å². The third-order valence-electron chi connectivity index (χ3n) is 2.15. The third-order valence-corrected chi connectivity index (χ3v) is 3.25. The first-order chi connectivity index (χ1) is 7.65. The highest BCUT2D eigenvalue weighted by molar-refractivity contribution is 9.10. The molecule has 0 atom stereocenters. The number of aryl methyl sites for hydroxylation is 1. The van der Waals surface area contributed by atoms with Crippen LogP contribution in [0.15, 0.2) is 40.9 Å². The number of halogens is 2. The maximum Gasteiger partial charge on any atom is 0.132 e. The second-order valence-electron chi connectivity index (χ2n) is 3.43. The van der Waals surface area contributed by atoms with Crippen LogP contribution in [0.25, 0.3) is 0 Å². The zero-order chi connectivity index (χ0) is 11.5.